The Morgan fingerprint density at radius 2 is 0.182 bits per heavy atom. The minimum Gasteiger partial charge on any atom is -0.411 e. The van der Waals surface area contributed by atoms with Gasteiger partial charge in [-0.15, -0.1) is 0 Å². The predicted molar refractivity (Wildman–Crippen MR) is 590 cm³/mol. The minimum atomic E-state index is 0. The molecule has 0 spiro atoms. The number of thiocarbonyl (C=S) groups is 6. The van der Waals surface area contributed by atoms with Gasteiger partial charge in [0.2, 0.25) is 0 Å². The van der Waals surface area contributed by atoms with Crippen molar-refractivity contribution in [3.63, 3.8) is 0 Å². The molecule has 0 unspecified atom stereocenters. The van der Waals surface area contributed by atoms with Crippen LogP contribution in [-0.4, -0.2) is 134 Å². The van der Waals surface area contributed by atoms with Crippen molar-refractivity contribution >= 4 is 175 Å². The maximum Gasteiger partial charge on any atom is 0.0162 e. The first-order valence-corrected chi connectivity index (χ1v) is 57.0. The summed E-state index contributed by atoms with van der Waals surface area (Å²) in [6, 6.07) is 0. The number of unbranched alkanes of at least 4 members (excludes halogenated alkanes) is 60. The first-order valence-electron chi connectivity index (χ1n) is 52.1. The van der Waals surface area contributed by atoms with Crippen molar-refractivity contribution in [1.29, 1.82) is 0 Å². The number of nitrogens with zero attached hydrogens (tertiary/aromatic N) is 6. The fourth-order valence-electron chi connectivity index (χ4n) is 14.8. The molecule has 0 aliphatic carbocycles. The molecule has 0 aromatic heterocycles. The topological polar surface area (TPSA) is 19.4 Å². The van der Waals surface area contributed by atoms with Crippen molar-refractivity contribution in [3.8, 4) is 0 Å². The average molecular weight is 2080 g/mol. The molecule has 0 saturated carbocycles. The SMILES string of the molecule is CCCCCCCCN(CCCCCCCC)C(=S)[S-].CCCCCCCCN(CCCCCCCC)C(=S)[S-].CCCCCCCCN(CCCCCCCC)C(=S)[S-].CCCCCCCCN(CCCCCCCC)C(=S)[S-].CCCCCCCCN(CCCCCCCC)C(=S)[S-].CCCCCCCCN(CCCCCCCC)C(=S)[S-].[W]. The fraction of sp³-hybridized carbons (Fsp3) is 0.941. The summed E-state index contributed by atoms with van der Waals surface area (Å²) in [6.07, 6.45) is 96.1. The summed E-state index contributed by atoms with van der Waals surface area (Å²) in [7, 11) is 0. The first-order chi connectivity index (χ1) is 58.3. The van der Waals surface area contributed by atoms with Gasteiger partial charge in [-0.05, 0) is 77.0 Å². The van der Waals surface area contributed by atoms with Gasteiger partial charge in [-0.3, -0.25) is 0 Å². The third-order valence-electron chi connectivity index (χ3n) is 22.9. The summed E-state index contributed by atoms with van der Waals surface area (Å²) in [5.41, 5.74) is 0. The normalized spacial score (nSPS) is 10.6. The second-order valence-electron chi connectivity index (χ2n) is 34.7. The summed E-state index contributed by atoms with van der Waals surface area (Å²) in [5, 5.41) is 0. The third-order valence-corrected chi connectivity index (χ3v) is 26.0. The maximum atomic E-state index is 5.20. The molecule has 0 atom stereocenters. The van der Waals surface area contributed by atoms with E-state index < -0.39 is 0 Å². The minimum absolute atomic E-state index is 0. The van der Waals surface area contributed by atoms with Gasteiger partial charge in [0, 0.05) is 99.6 Å². The van der Waals surface area contributed by atoms with E-state index in [4.69, 9.17) is 149 Å². The quantitative estimate of drug-likeness (QED) is 0.0327. The molecule has 0 heterocycles. The summed E-state index contributed by atoms with van der Waals surface area (Å²) in [4.78, 5) is 13.4. The Labute approximate surface area is 841 Å². The molecule has 0 saturated heterocycles. The van der Waals surface area contributed by atoms with Crippen LogP contribution in [-0.2, 0) is 96.8 Å². The molecule has 6 nitrogen and oxygen atoms in total. The van der Waals surface area contributed by atoms with Crippen LogP contribution in [0.15, 0.2) is 0 Å². The standard InChI is InChI=1S/6C17H35NS2.W/c6*1-3-5-7-9-11-13-15-18(17(19)20)16-14-12-10-8-6-4-2;/h6*3-16H2,1-2H3,(H,19,20);/p-6. The number of hydrogen-bond donors (Lipinski definition) is 0. The molecule has 0 aromatic rings. The van der Waals surface area contributed by atoms with Crippen molar-refractivity contribution in [3.05, 3.63) is 0 Å². The molecule has 0 aliphatic heterocycles. The first kappa shape index (κ1) is 135. The molecule has 0 bridgehead atoms. The monoisotopic (exact) mass is 2080 g/mol. The molecule has 0 aliphatic rings. The van der Waals surface area contributed by atoms with Crippen molar-refractivity contribution in [2.75, 3.05) is 78.5 Å². The molecule has 0 aromatic carbocycles. The third kappa shape index (κ3) is 117. The van der Waals surface area contributed by atoms with Gasteiger partial charge < -0.3 is 178 Å². The van der Waals surface area contributed by atoms with Gasteiger partial charge in [-0.2, -0.15) is 0 Å². The van der Waals surface area contributed by atoms with E-state index >= 15 is 0 Å². The largest absolute Gasteiger partial charge is 0.411 e. The van der Waals surface area contributed by atoms with E-state index in [0.717, 1.165) is 78.5 Å². The van der Waals surface area contributed by atoms with E-state index in [-0.39, 0.29) is 21.1 Å². The Balaban J connectivity index is -0.000000257. The van der Waals surface area contributed by atoms with Crippen LogP contribution in [0.3, 0.4) is 0 Å². The van der Waals surface area contributed by atoms with Gasteiger partial charge >= 0.3 is 0 Å². The Hall–Kier alpha value is 1.35. The zero-order chi connectivity index (χ0) is 90.3. The summed E-state index contributed by atoms with van der Waals surface area (Å²) < 4.78 is 4.04. The molecule has 121 heavy (non-hydrogen) atoms. The Morgan fingerprint density at radius 1 is 0.124 bits per heavy atom. The number of hydrogen-bond acceptors (Lipinski definition) is 12. The molecular formula is C102H204N6S12W-6. The molecule has 726 valence electrons. The van der Waals surface area contributed by atoms with E-state index in [9.17, 15) is 0 Å². The Kier molecular flexibility index (Phi) is 134. The van der Waals surface area contributed by atoms with Crippen LogP contribution >= 0.6 is 73.3 Å². The van der Waals surface area contributed by atoms with Crippen LogP contribution in [0, 0.1) is 0 Å². The Morgan fingerprint density at radius 3 is 0.240 bits per heavy atom. The molecule has 0 fully saturated rings. The second kappa shape index (κ2) is 119. The fourth-order valence-corrected chi connectivity index (χ4v) is 17.0. The summed E-state index contributed by atoms with van der Waals surface area (Å²) >= 11 is 62.4. The van der Waals surface area contributed by atoms with Gasteiger partial charge in [0.15, 0.2) is 0 Å². The van der Waals surface area contributed by atoms with E-state index in [2.05, 4.69) is 112 Å². The van der Waals surface area contributed by atoms with E-state index in [0.29, 0.717) is 25.9 Å². The molecule has 0 rings (SSSR count). The van der Waals surface area contributed by atoms with Crippen molar-refractivity contribution in [1.82, 2.24) is 29.4 Å². The van der Waals surface area contributed by atoms with Crippen LogP contribution in [0.25, 0.3) is 0 Å². The Bertz CT molecular complexity index is 1580. The molecule has 0 radical (unpaired) electrons. The van der Waals surface area contributed by atoms with E-state index in [1.165, 1.54) is 462 Å². The van der Waals surface area contributed by atoms with E-state index in [1.54, 1.807) is 0 Å². The summed E-state index contributed by atoms with van der Waals surface area (Å²) in [5.74, 6) is 0. The number of rotatable bonds is 84. The molecule has 0 N–H and O–H groups in total. The predicted octanol–water partition coefficient (Wildman–Crippen LogP) is 35.0. The average Bonchev–Trinajstić information content (AvgIpc) is 1.00. The van der Waals surface area contributed by atoms with Crippen molar-refractivity contribution in [2.24, 2.45) is 0 Å². The van der Waals surface area contributed by atoms with Crippen LogP contribution in [0.5, 0.6) is 0 Å². The van der Waals surface area contributed by atoms with Crippen LogP contribution < -0.4 is 0 Å². The van der Waals surface area contributed by atoms with Gasteiger partial charge in [-0.1, -0.05) is 494 Å². The van der Waals surface area contributed by atoms with E-state index in [1.807, 2.05) is 0 Å². The molecule has 0 amide bonds. The van der Waals surface area contributed by atoms with Crippen molar-refractivity contribution < 1.29 is 21.1 Å². The van der Waals surface area contributed by atoms with Gasteiger partial charge in [-0.25, -0.2) is 0 Å². The second-order valence-corrected chi connectivity index (χ2v) is 40.9. The maximum absolute atomic E-state index is 5.20. The van der Waals surface area contributed by atoms with Crippen LogP contribution in [0.1, 0.15) is 545 Å². The molecule has 19 heteroatoms. The molecular weight excluding hydrogens is 1880 g/mol. The zero-order valence-electron chi connectivity index (χ0n) is 82.4. The smallest absolute Gasteiger partial charge is 0.0162 e. The van der Waals surface area contributed by atoms with Gasteiger partial charge in [0.25, 0.3) is 0 Å². The zero-order valence-corrected chi connectivity index (χ0v) is 95.1. The van der Waals surface area contributed by atoms with Crippen LogP contribution in [0.2, 0.25) is 0 Å². The summed E-state index contributed by atoms with van der Waals surface area (Å²) in [6.45, 7) is 40.0. The van der Waals surface area contributed by atoms with Crippen molar-refractivity contribution in [2.45, 2.75) is 545 Å². The van der Waals surface area contributed by atoms with Gasteiger partial charge in [0.1, 0.15) is 0 Å². The van der Waals surface area contributed by atoms with Gasteiger partial charge in [0.05, 0.1) is 0 Å². The van der Waals surface area contributed by atoms with Crippen LogP contribution in [0.4, 0.5) is 0 Å².